The molecule has 0 saturated heterocycles. The Bertz CT molecular complexity index is 842. The van der Waals surface area contributed by atoms with Crippen molar-refractivity contribution in [1.82, 2.24) is 4.98 Å². The Hall–Kier alpha value is -0.830. The topological polar surface area (TPSA) is 79.0 Å². The molecule has 2 rings (SSSR count). The number of H-pyrrole nitrogens is 1. The molecule has 2 aromatic rings. The maximum Gasteiger partial charge on any atom is 0.266 e. The summed E-state index contributed by atoms with van der Waals surface area (Å²) in [5, 5.41) is -0.195. The first-order valence-corrected chi connectivity index (χ1v) is 9.02. The molecule has 1 aromatic heterocycles. The van der Waals surface area contributed by atoms with Gasteiger partial charge in [-0.2, -0.15) is 0 Å². The zero-order chi connectivity index (χ0) is 15.8. The number of anilines is 1. The normalized spacial score (nSPS) is 11.4. The van der Waals surface area contributed by atoms with E-state index >= 15 is 0 Å². The predicted octanol–water partition coefficient (Wildman–Crippen LogP) is 3.66. The molecular weight excluding hydrogens is 447 g/mol. The number of benzene rings is 1. The van der Waals surface area contributed by atoms with Gasteiger partial charge < -0.3 is 4.98 Å². The van der Waals surface area contributed by atoms with E-state index in [1.54, 1.807) is 12.1 Å². The first-order chi connectivity index (χ1) is 9.70. The second-order valence-electron chi connectivity index (χ2n) is 4.22. The molecule has 0 saturated carbocycles. The number of sulfonamides is 1. The monoisotopic (exact) mass is 454 g/mol. The number of halogens is 3. The summed E-state index contributed by atoms with van der Waals surface area (Å²) in [6.45, 7) is 1.88. The van der Waals surface area contributed by atoms with Crippen molar-refractivity contribution in [3.63, 3.8) is 0 Å². The summed E-state index contributed by atoms with van der Waals surface area (Å²) in [6.07, 6.45) is 1.09. The van der Waals surface area contributed by atoms with Crippen molar-refractivity contribution >= 4 is 59.2 Å². The molecule has 112 valence electrons. The predicted molar refractivity (Wildman–Crippen MR) is 89.5 cm³/mol. The number of rotatable bonds is 3. The van der Waals surface area contributed by atoms with Crippen LogP contribution in [0.2, 0.25) is 5.02 Å². The van der Waals surface area contributed by atoms with Gasteiger partial charge in [-0.15, -0.1) is 0 Å². The molecule has 2 N–H and O–H groups in total. The Balaban J connectivity index is 2.47. The van der Waals surface area contributed by atoms with E-state index in [4.69, 9.17) is 11.6 Å². The van der Waals surface area contributed by atoms with Gasteiger partial charge in [-0.05, 0) is 62.5 Å². The molecule has 0 aliphatic rings. The summed E-state index contributed by atoms with van der Waals surface area (Å²) in [7, 11) is -3.88. The number of hydrogen-bond acceptors (Lipinski definition) is 3. The van der Waals surface area contributed by atoms with Crippen molar-refractivity contribution in [2.75, 3.05) is 4.72 Å². The van der Waals surface area contributed by atoms with Crippen LogP contribution < -0.4 is 10.3 Å². The van der Waals surface area contributed by atoms with Crippen LogP contribution in [0.25, 0.3) is 0 Å². The number of hydrogen-bond donors (Lipinski definition) is 2. The number of nitrogens with one attached hydrogen (secondary N) is 2. The van der Waals surface area contributed by atoms with Crippen LogP contribution in [0.15, 0.2) is 43.0 Å². The first kappa shape index (κ1) is 16.5. The highest BCUT2D eigenvalue weighted by atomic mass is 79.9. The highest BCUT2D eigenvalue weighted by molar-refractivity contribution is 9.11. The largest absolute Gasteiger partial charge is 0.326 e. The minimum absolute atomic E-state index is 0.133. The smallest absolute Gasteiger partial charge is 0.266 e. The molecule has 0 unspecified atom stereocenters. The van der Waals surface area contributed by atoms with E-state index in [0.29, 0.717) is 14.6 Å². The van der Waals surface area contributed by atoms with Crippen molar-refractivity contribution in [3.05, 3.63) is 54.3 Å². The van der Waals surface area contributed by atoms with E-state index in [1.165, 1.54) is 0 Å². The van der Waals surface area contributed by atoms with E-state index in [9.17, 15) is 13.2 Å². The van der Waals surface area contributed by atoms with Crippen LogP contribution in [-0.4, -0.2) is 13.4 Å². The van der Waals surface area contributed by atoms with Gasteiger partial charge in [0.2, 0.25) is 0 Å². The van der Waals surface area contributed by atoms with Crippen molar-refractivity contribution in [1.29, 1.82) is 0 Å². The minimum Gasteiger partial charge on any atom is -0.326 e. The van der Waals surface area contributed by atoms with Gasteiger partial charge in [-0.1, -0.05) is 11.6 Å². The Labute approximate surface area is 143 Å². The summed E-state index contributed by atoms with van der Waals surface area (Å²) < 4.78 is 28.3. The maximum absolute atomic E-state index is 12.3. The maximum atomic E-state index is 12.3. The summed E-state index contributed by atoms with van der Waals surface area (Å²) in [5.74, 6) is 0. The lowest BCUT2D eigenvalue weighted by molar-refractivity contribution is 0.600. The van der Waals surface area contributed by atoms with Crippen LogP contribution in [0.1, 0.15) is 5.56 Å². The van der Waals surface area contributed by atoms with Gasteiger partial charge in [-0.25, -0.2) is 8.42 Å². The van der Waals surface area contributed by atoms with E-state index in [1.807, 2.05) is 6.92 Å². The van der Waals surface area contributed by atoms with Crippen molar-refractivity contribution in [2.24, 2.45) is 0 Å². The van der Waals surface area contributed by atoms with Gasteiger partial charge in [0.15, 0.2) is 0 Å². The van der Waals surface area contributed by atoms with Gasteiger partial charge in [0.1, 0.15) is 9.92 Å². The van der Waals surface area contributed by atoms with Gasteiger partial charge in [0.05, 0.1) is 5.69 Å². The Morgan fingerprint density at radius 2 is 1.76 bits per heavy atom. The molecule has 0 amide bonds. The highest BCUT2D eigenvalue weighted by Gasteiger charge is 2.19. The summed E-state index contributed by atoms with van der Waals surface area (Å²) in [5.41, 5.74) is 0.778. The van der Waals surface area contributed by atoms with Gasteiger partial charge >= 0.3 is 0 Å². The van der Waals surface area contributed by atoms with Crippen molar-refractivity contribution < 1.29 is 8.42 Å². The lowest BCUT2D eigenvalue weighted by Crippen LogP contribution is -2.16. The molecule has 0 fully saturated rings. The fraction of sp³-hybridized carbons (Fsp3) is 0.0833. The molecule has 0 spiro atoms. The molecule has 0 bridgehead atoms. The molecule has 1 aromatic carbocycles. The molecule has 9 heteroatoms. The molecule has 0 radical (unpaired) electrons. The molecule has 5 nitrogen and oxygen atoms in total. The lowest BCUT2D eigenvalue weighted by atomic mass is 10.2. The second kappa shape index (κ2) is 6.12. The molecule has 0 aliphatic heterocycles. The zero-order valence-corrected chi connectivity index (χ0v) is 15.3. The molecule has 0 aliphatic carbocycles. The average molecular weight is 457 g/mol. The third-order valence-corrected chi connectivity index (χ3v) is 5.43. The van der Waals surface area contributed by atoms with Gasteiger partial charge in [-0.3, -0.25) is 9.52 Å². The quantitative estimate of drug-likeness (QED) is 0.740. The fourth-order valence-electron chi connectivity index (χ4n) is 1.58. The number of aromatic amines is 1. The molecule has 0 atom stereocenters. The Morgan fingerprint density at radius 1 is 1.19 bits per heavy atom. The van der Waals surface area contributed by atoms with Crippen LogP contribution in [-0.2, 0) is 10.0 Å². The number of aromatic nitrogens is 1. The average Bonchev–Trinajstić information content (AvgIpc) is 2.37. The van der Waals surface area contributed by atoms with Crippen LogP contribution in [0.5, 0.6) is 0 Å². The van der Waals surface area contributed by atoms with Gasteiger partial charge in [0, 0.05) is 15.1 Å². The lowest BCUT2D eigenvalue weighted by Gasteiger charge is -2.12. The van der Waals surface area contributed by atoms with Gasteiger partial charge in [0.25, 0.3) is 15.6 Å². The summed E-state index contributed by atoms with van der Waals surface area (Å²) in [6, 6.07) is 4.66. The SMILES string of the molecule is Cc1cc(Br)c(NS(=O)(=O)c2c[nH]c(=O)c(Cl)c2)c(Br)c1. The summed E-state index contributed by atoms with van der Waals surface area (Å²) >= 11 is 12.3. The standard InChI is InChI=1S/C12H9Br2ClN2O3S/c1-6-2-8(13)11(9(14)3-6)17-21(19,20)7-4-10(15)12(18)16-5-7/h2-5,17H,1H3,(H,16,18). The second-order valence-corrected chi connectivity index (χ2v) is 8.02. The highest BCUT2D eigenvalue weighted by Crippen LogP contribution is 2.33. The Kier molecular flexibility index (Phi) is 4.82. The molecular formula is C12H9Br2ClN2O3S. The first-order valence-electron chi connectivity index (χ1n) is 5.57. The zero-order valence-electron chi connectivity index (χ0n) is 10.6. The van der Waals surface area contributed by atoms with E-state index in [-0.39, 0.29) is 9.92 Å². The van der Waals surface area contributed by atoms with Crippen LogP contribution >= 0.6 is 43.5 Å². The van der Waals surface area contributed by atoms with Crippen molar-refractivity contribution in [3.8, 4) is 0 Å². The Morgan fingerprint density at radius 3 is 2.29 bits per heavy atom. The number of aryl methyl sites for hydroxylation is 1. The minimum atomic E-state index is -3.88. The van der Waals surface area contributed by atoms with Crippen LogP contribution in [0, 0.1) is 6.92 Å². The van der Waals surface area contributed by atoms with E-state index in [0.717, 1.165) is 17.8 Å². The van der Waals surface area contributed by atoms with Crippen LogP contribution in [0.4, 0.5) is 5.69 Å². The fourth-order valence-corrected chi connectivity index (χ4v) is 4.79. The van der Waals surface area contributed by atoms with Crippen LogP contribution in [0.3, 0.4) is 0 Å². The van der Waals surface area contributed by atoms with E-state index < -0.39 is 15.6 Å². The third-order valence-electron chi connectivity index (χ3n) is 2.56. The third kappa shape index (κ3) is 3.68. The number of pyridine rings is 1. The summed E-state index contributed by atoms with van der Waals surface area (Å²) in [4.78, 5) is 13.3. The molecule has 21 heavy (non-hydrogen) atoms. The van der Waals surface area contributed by atoms with E-state index in [2.05, 4.69) is 41.6 Å². The van der Waals surface area contributed by atoms with Crippen molar-refractivity contribution in [2.45, 2.75) is 11.8 Å². The molecule has 1 heterocycles.